The second-order valence-electron chi connectivity index (χ2n) is 4.95. The van der Waals surface area contributed by atoms with Crippen LogP contribution >= 0.6 is 15.9 Å². The van der Waals surface area contributed by atoms with Crippen molar-refractivity contribution in [3.05, 3.63) is 29.5 Å². The Hall–Kier alpha value is -1.96. The fourth-order valence-corrected chi connectivity index (χ4v) is 2.88. The molecule has 1 aliphatic heterocycles. The number of aromatic amines is 1. The van der Waals surface area contributed by atoms with E-state index in [9.17, 15) is 0 Å². The summed E-state index contributed by atoms with van der Waals surface area (Å²) in [5.74, 6) is 1.53. The molecule has 3 aromatic heterocycles. The minimum atomic E-state index is 0.592. The van der Waals surface area contributed by atoms with E-state index in [0.717, 1.165) is 41.1 Å². The number of aromatic nitrogens is 6. The van der Waals surface area contributed by atoms with Crippen LogP contribution in [0.4, 0.5) is 5.82 Å². The van der Waals surface area contributed by atoms with Crippen LogP contribution < -0.4 is 4.90 Å². The van der Waals surface area contributed by atoms with E-state index in [0.29, 0.717) is 5.92 Å². The third-order valence-electron chi connectivity index (χ3n) is 3.51. The van der Waals surface area contributed by atoms with Crippen LogP contribution in [0.3, 0.4) is 0 Å². The van der Waals surface area contributed by atoms with Gasteiger partial charge in [-0.2, -0.15) is 5.10 Å². The van der Waals surface area contributed by atoms with Gasteiger partial charge in [0.15, 0.2) is 11.5 Å². The lowest BCUT2D eigenvalue weighted by Gasteiger charge is -2.40. The van der Waals surface area contributed by atoms with Crippen LogP contribution in [0.2, 0.25) is 0 Å². The van der Waals surface area contributed by atoms with Crippen LogP contribution in [0, 0.1) is 5.92 Å². The quantitative estimate of drug-likeness (QED) is 0.785. The first-order valence-corrected chi connectivity index (χ1v) is 7.16. The summed E-state index contributed by atoms with van der Waals surface area (Å²) in [5.41, 5.74) is 1.63. The molecule has 102 valence electrons. The lowest BCUT2D eigenvalue weighted by Crippen LogP contribution is -2.49. The zero-order valence-electron chi connectivity index (χ0n) is 10.6. The number of nitrogens with one attached hydrogen (secondary N) is 1. The molecule has 8 heteroatoms. The molecule has 0 unspecified atom stereocenters. The molecule has 1 N–H and O–H groups in total. The van der Waals surface area contributed by atoms with Gasteiger partial charge in [0.05, 0.1) is 17.0 Å². The number of imidazole rings is 1. The molecule has 1 fully saturated rings. The first-order chi connectivity index (χ1) is 9.79. The molecule has 7 nitrogen and oxygen atoms in total. The molecule has 20 heavy (non-hydrogen) atoms. The summed E-state index contributed by atoms with van der Waals surface area (Å²) in [6.07, 6.45) is 7.03. The summed E-state index contributed by atoms with van der Waals surface area (Å²) in [6, 6.07) is 0. The Kier molecular flexibility index (Phi) is 2.69. The predicted molar refractivity (Wildman–Crippen MR) is 77.3 cm³/mol. The number of fused-ring (bicyclic) bond motifs is 1. The van der Waals surface area contributed by atoms with Gasteiger partial charge < -0.3 is 9.88 Å². The Labute approximate surface area is 123 Å². The van der Waals surface area contributed by atoms with Crippen molar-refractivity contribution in [3.8, 4) is 0 Å². The average molecular weight is 334 g/mol. The van der Waals surface area contributed by atoms with Crippen LogP contribution in [0.25, 0.3) is 11.2 Å². The van der Waals surface area contributed by atoms with Gasteiger partial charge in [0.25, 0.3) is 0 Å². The van der Waals surface area contributed by atoms with E-state index in [2.05, 4.69) is 45.9 Å². The second kappa shape index (κ2) is 4.55. The van der Waals surface area contributed by atoms with Gasteiger partial charge in [0.2, 0.25) is 0 Å². The normalized spacial score (nSPS) is 15.8. The third-order valence-corrected chi connectivity index (χ3v) is 3.92. The Morgan fingerprint density at radius 2 is 2.20 bits per heavy atom. The van der Waals surface area contributed by atoms with Crippen molar-refractivity contribution >= 4 is 32.9 Å². The van der Waals surface area contributed by atoms with E-state index in [-0.39, 0.29) is 0 Å². The van der Waals surface area contributed by atoms with Crippen molar-refractivity contribution in [3.63, 3.8) is 0 Å². The Balaban J connectivity index is 1.47. The molecule has 0 bridgehead atoms. The molecule has 4 rings (SSSR count). The lowest BCUT2D eigenvalue weighted by atomic mass is 10.0. The number of halogens is 1. The maximum absolute atomic E-state index is 4.36. The minimum Gasteiger partial charge on any atom is -0.354 e. The van der Waals surface area contributed by atoms with Gasteiger partial charge in [-0.3, -0.25) is 4.68 Å². The van der Waals surface area contributed by atoms with Gasteiger partial charge in [-0.1, -0.05) is 0 Å². The molecule has 0 saturated carbocycles. The smallest absolute Gasteiger partial charge is 0.182 e. The highest BCUT2D eigenvalue weighted by Gasteiger charge is 2.29. The predicted octanol–water partition coefficient (Wildman–Crippen LogP) is 1.45. The van der Waals surface area contributed by atoms with Crippen molar-refractivity contribution in [1.29, 1.82) is 0 Å². The molecule has 0 amide bonds. The van der Waals surface area contributed by atoms with Gasteiger partial charge in [0, 0.05) is 31.7 Å². The second-order valence-corrected chi connectivity index (χ2v) is 5.87. The van der Waals surface area contributed by atoms with Crippen LogP contribution in [0.1, 0.15) is 0 Å². The summed E-state index contributed by atoms with van der Waals surface area (Å²) < 4.78 is 2.99. The molecule has 0 aliphatic carbocycles. The largest absolute Gasteiger partial charge is 0.354 e. The Morgan fingerprint density at radius 3 is 3.00 bits per heavy atom. The van der Waals surface area contributed by atoms with E-state index < -0.39 is 0 Å². The fraction of sp³-hybridized carbons (Fsp3) is 0.333. The van der Waals surface area contributed by atoms with Gasteiger partial charge in [-0.15, -0.1) is 0 Å². The van der Waals surface area contributed by atoms with E-state index in [1.54, 1.807) is 12.7 Å². The van der Waals surface area contributed by atoms with Crippen molar-refractivity contribution < 1.29 is 0 Å². The van der Waals surface area contributed by atoms with E-state index in [1.165, 1.54) is 0 Å². The first kappa shape index (κ1) is 11.8. The minimum absolute atomic E-state index is 0.592. The summed E-state index contributed by atoms with van der Waals surface area (Å²) in [6.45, 7) is 2.88. The van der Waals surface area contributed by atoms with Crippen molar-refractivity contribution in [2.75, 3.05) is 18.0 Å². The SMILES string of the molecule is Brc1cnn(CC2CN(c3ncnc4nc[nH]c34)C2)c1. The number of rotatable bonds is 3. The summed E-state index contributed by atoms with van der Waals surface area (Å²) in [4.78, 5) is 18.0. The van der Waals surface area contributed by atoms with Crippen LogP contribution in [-0.4, -0.2) is 42.8 Å². The molecule has 4 heterocycles. The first-order valence-electron chi connectivity index (χ1n) is 6.36. The third kappa shape index (κ3) is 1.96. The summed E-state index contributed by atoms with van der Waals surface area (Å²) in [5, 5.41) is 4.29. The van der Waals surface area contributed by atoms with Gasteiger partial charge in [-0.25, -0.2) is 15.0 Å². The fourth-order valence-electron chi connectivity index (χ4n) is 2.55. The number of anilines is 1. The van der Waals surface area contributed by atoms with E-state index >= 15 is 0 Å². The van der Waals surface area contributed by atoms with Crippen molar-refractivity contribution in [2.45, 2.75) is 6.54 Å². The number of H-pyrrole nitrogens is 1. The standard InChI is InChI=1S/C12H12BrN7/c13-9-1-18-20(5-9)4-8-2-19(3-8)12-10-11(15-6-14-10)16-7-17-12/h1,5-8H,2-4H2,(H,14,15,16,17). The Morgan fingerprint density at radius 1 is 1.30 bits per heavy atom. The average Bonchev–Trinajstić information content (AvgIpc) is 3.01. The molecular weight excluding hydrogens is 322 g/mol. The zero-order valence-corrected chi connectivity index (χ0v) is 12.2. The molecule has 0 atom stereocenters. The summed E-state index contributed by atoms with van der Waals surface area (Å²) in [7, 11) is 0. The molecule has 0 spiro atoms. The van der Waals surface area contributed by atoms with Crippen LogP contribution in [0.5, 0.6) is 0 Å². The Bertz CT molecular complexity index is 743. The molecule has 1 aliphatic rings. The van der Waals surface area contributed by atoms with E-state index in [1.807, 2.05) is 17.1 Å². The monoisotopic (exact) mass is 333 g/mol. The van der Waals surface area contributed by atoms with Crippen LogP contribution in [0.15, 0.2) is 29.5 Å². The van der Waals surface area contributed by atoms with Crippen molar-refractivity contribution in [2.24, 2.45) is 5.92 Å². The zero-order chi connectivity index (χ0) is 13.5. The molecule has 0 aromatic carbocycles. The molecule has 3 aromatic rings. The molecule has 1 saturated heterocycles. The van der Waals surface area contributed by atoms with E-state index in [4.69, 9.17) is 0 Å². The molecular formula is C12H12BrN7. The van der Waals surface area contributed by atoms with Crippen molar-refractivity contribution in [1.82, 2.24) is 29.7 Å². The summed E-state index contributed by atoms with van der Waals surface area (Å²) >= 11 is 3.41. The highest BCUT2D eigenvalue weighted by atomic mass is 79.9. The van der Waals surface area contributed by atoms with Gasteiger partial charge in [0.1, 0.15) is 11.8 Å². The maximum Gasteiger partial charge on any atom is 0.182 e. The van der Waals surface area contributed by atoms with Crippen LogP contribution in [-0.2, 0) is 6.54 Å². The van der Waals surface area contributed by atoms with Gasteiger partial charge in [-0.05, 0) is 15.9 Å². The maximum atomic E-state index is 4.36. The number of hydrogen-bond donors (Lipinski definition) is 1. The number of hydrogen-bond acceptors (Lipinski definition) is 5. The highest BCUT2D eigenvalue weighted by Crippen LogP contribution is 2.27. The topological polar surface area (TPSA) is 75.5 Å². The highest BCUT2D eigenvalue weighted by molar-refractivity contribution is 9.10. The van der Waals surface area contributed by atoms with Gasteiger partial charge >= 0.3 is 0 Å². The lowest BCUT2D eigenvalue weighted by molar-refractivity contribution is 0.341. The number of nitrogens with zero attached hydrogens (tertiary/aromatic N) is 6. The molecule has 0 radical (unpaired) electrons.